The first-order chi connectivity index (χ1) is 19.4. The fourth-order valence-electron chi connectivity index (χ4n) is 5.11. The number of urea groups is 1. The summed E-state index contributed by atoms with van der Waals surface area (Å²) in [7, 11) is -3.63. The van der Waals surface area contributed by atoms with Gasteiger partial charge in [0.15, 0.2) is 0 Å². The van der Waals surface area contributed by atoms with Gasteiger partial charge in [-0.25, -0.2) is 9.59 Å². The van der Waals surface area contributed by atoms with Crippen LogP contribution in [-0.2, 0) is 25.6 Å². The third kappa shape index (κ3) is 6.39. The predicted octanol–water partition coefficient (Wildman–Crippen LogP) is 3.48. The fraction of sp³-hybridized carbons (Fsp3) is 0.346. The number of nitrogens with one attached hydrogen (secondary N) is 1. The van der Waals surface area contributed by atoms with Crippen molar-refractivity contribution in [2.24, 2.45) is 11.7 Å². The van der Waals surface area contributed by atoms with Gasteiger partial charge in [0.05, 0.1) is 24.0 Å². The molecule has 1 saturated heterocycles. The quantitative estimate of drug-likeness (QED) is 0.214. The van der Waals surface area contributed by atoms with Gasteiger partial charge in [-0.3, -0.25) is 13.5 Å². The molecule has 2 aromatic carbocycles. The Kier molecular flexibility index (Phi) is 7.81. The zero-order valence-corrected chi connectivity index (χ0v) is 23.4. The third-order valence-corrected chi connectivity index (χ3v) is 7.81. The zero-order chi connectivity index (χ0) is 29.5. The first-order valence-electron chi connectivity index (χ1n) is 12.6. The summed E-state index contributed by atoms with van der Waals surface area (Å²) in [5.41, 5.74) is 6.62. The first kappa shape index (κ1) is 28.6. The van der Waals surface area contributed by atoms with E-state index in [0.717, 1.165) is 10.8 Å². The lowest BCUT2D eigenvalue weighted by molar-refractivity contribution is -0.152. The van der Waals surface area contributed by atoms with Gasteiger partial charge in [-0.15, -0.1) is 0 Å². The smallest absolute Gasteiger partial charge is 0.323 e. The van der Waals surface area contributed by atoms with Crippen LogP contribution in [0.1, 0.15) is 18.4 Å². The summed E-state index contributed by atoms with van der Waals surface area (Å²) in [5.74, 6) is -0.424. The molecule has 3 aromatic rings. The van der Waals surface area contributed by atoms with E-state index >= 15 is 0 Å². The number of aromatic nitrogens is 1. The molecule has 3 atom stereocenters. The summed E-state index contributed by atoms with van der Waals surface area (Å²) in [6.07, 6.45) is 3.31. The molecule has 3 N–H and O–H groups in total. The number of fused-ring (bicyclic) bond motifs is 2. The lowest BCUT2D eigenvalue weighted by Gasteiger charge is -2.28. The lowest BCUT2D eigenvalue weighted by atomic mass is 10.1. The summed E-state index contributed by atoms with van der Waals surface area (Å²) in [6.45, 7) is -0.601. The predicted molar refractivity (Wildman–Crippen MR) is 147 cm³/mol. The van der Waals surface area contributed by atoms with Crippen LogP contribution in [0.3, 0.4) is 0 Å². The average molecular weight is 608 g/mol. The van der Waals surface area contributed by atoms with Gasteiger partial charge in [-0.2, -0.15) is 13.5 Å². The molecule has 2 fully saturated rings. The van der Waals surface area contributed by atoms with E-state index < -0.39 is 34.1 Å². The number of benzene rings is 2. The molecule has 1 saturated carbocycles. The van der Waals surface area contributed by atoms with Gasteiger partial charge in [0.2, 0.25) is 0 Å². The summed E-state index contributed by atoms with van der Waals surface area (Å²) >= 11 is 5.97. The van der Waals surface area contributed by atoms with Crippen LogP contribution in [0.15, 0.2) is 48.7 Å². The Morgan fingerprint density at radius 3 is 2.66 bits per heavy atom. The second-order valence-electron chi connectivity index (χ2n) is 9.95. The number of nitrogens with two attached hydrogens (primary N) is 1. The second-order valence-corrected chi connectivity index (χ2v) is 12.0. The van der Waals surface area contributed by atoms with E-state index in [1.165, 1.54) is 11.1 Å². The molecule has 41 heavy (non-hydrogen) atoms. The topological polar surface area (TPSA) is 153 Å². The van der Waals surface area contributed by atoms with Crippen molar-refractivity contribution in [3.63, 3.8) is 0 Å². The molecule has 0 radical (unpaired) electrons. The highest BCUT2D eigenvalue weighted by molar-refractivity contribution is 7.85. The molecule has 1 aromatic heterocycles. The maximum atomic E-state index is 15.0. The molecule has 12 nitrogen and oxygen atoms in total. The Morgan fingerprint density at radius 1 is 1.17 bits per heavy atom. The molecular formula is C26H27ClFN5O7S. The van der Waals surface area contributed by atoms with Crippen LogP contribution in [0.5, 0.6) is 5.75 Å². The highest BCUT2D eigenvalue weighted by Crippen LogP contribution is 2.48. The van der Waals surface area contributed by atoms with Gasteiger partial charge >= 0.3 is 12.1 Å². The standard InChI is InChI=1S/C26H27ClFN5O7S/c1-41(37,38)40-8-7-39-18-5-6-21-19(12-18)20(14-31(21)25(29)35)30-26(36)33-22-10-16(22)11-23(33)24(34)32(28)13-15-3-2-4-17(27)9-15/h2-6,9,12,14,16,22-23H,7-8,10-11,13H2,1H3,(H2,29,35)(H,30,36)/t16-,22-,23+/m1/s1. The number of likely N-dealkylation sites (tertiary alicyclic amines) is 1. The van der Waals surface area contributed by atoms with Crippen LogP contribution in [0.4, 0.5) is 19.8 Å². The molecule has 218 valence electrons. The zero-order valence-electron chi connectivity index (χ0n) is 21.8. The molecule has 2 aliphatic rings. The maximum absolute atomic E-state index is 15.0. The number of hydrogen-bond acceptors (Lipinski definition) is 7. The van der Waals surface area contributed by atoms with Crippen molar-refractivity contribution in [3.8, 4) is 5.75 Å². The van der Waals surface area contributed by atoms with E-state index in [9.17, 15) is 27.3 Å². The van der Waals surface area contributed by atoms with Crippen LogP contribution in [0, 0.1) is 5.92 Å². The van der Waals surface area contributed by atoms with E-state index in [-0.39, 0.29) is 42.5 Å². The van der Waals surface area contributed by atoms with Crippen LogP contribution in [-0.4, -0.2) is 72.5 Å². The van der Waals surface area contributed by atoms with E-state index in [1.54, 1.807) is 42.5 Å². The Hall–Kier alpha value is -3.88. The number of primary amides is 1. The summed E-state index contributed by atoms with van der Waals surface area (Å²) in [6, 6.07) is 8.53. The minimum absolute atomic E-state index is 0.0770. The fourth-order valence-corrected chi connectivity index (χ4v) is 5.69. The molecule has 0 bridgehead atoms. The van der Waals surface area contributed by atoms with Crippen molar-refractivity contribution in [1.82, 2.24) is 14.6 Å². The Morgan fingerprint density at radius 2 is 1.95 bits per heavy atom. The number of anilines is 1. The number of carbonyl (C=O) groups is 3. The van der Waals surface area contributed by atoms with Gasteiger partial charge in [0.1, 0.15) is 25.0 Å². The number of halogens is 2. The number of hydrogen-bond donors (Lipinski definition) is 2. The number of nitrogens with zero attached hydrogens (tertiary/aromatic N) is 3. The number of ether oxygens (including phenoxy) is 1. The van der Waals surface area contributed by atoms with E-state index in [2.05, 4.69) is 9.50 Å². The van der Waals surface area contributed by atoms with Crippen LogP contribution in [0.25, 0.3) is 10.9 Å². The summed E-state index contributed by atoms with van der Waals surface area (Å²) < 4.78 is 48.6. The van der Waals surface area contributed by atoms with Crippen molar-refractivity contribution in [1.29, 1.82) is 0 Å². The van der Waals surface area contributed by atoms with Gasteiger partial charge in [-0.1, -0.05) is 28.2 Å². The summed E-state index contributed by atoms with van der Waals surface area (Å²) in [4.78, 5) is 40.0. The van der Waals surface area contributed by atoms with E-state index in [4.69, 9.17) is 22.1 Å². The van der Waals surface area contributed by atoms with Gasteiger partial charge in [0.25, 0.3) is 16.0 Å². The second kappa shape index (κ2) is 11.2. The minimum Gasteiger partial charge on any atom is -0.491 e. The largest absolute Gasteiger partial charge is 0.491 e. The van der Waals surface area contributed by atoms with Crippen molar-refractivity contribution < 1.29 is 36.2 Å². The van der Waals surface area contributed by atoms with Crippen LogP contribution < -0.4 is 15.8 Å². The number of rotatable bonds is 9. The van der Waals surface area contributed by atoms with Gasteiger partial charge < -0.3 is 20.7 Å². The molecular weight excluding hydrogens is 581 g/mol. The number of piperidine rings is 1. The minimum atomic E-state index is -3.63. The van der Waals surface area contributed by atoms with Gasteiger partial charge in [0, 0.05) is 22.6 Å². The Bertz CT molecular complexity index is 1630. The molecule has 1 aliphatic carbocycles. The molecule has 0 spiro atoms. The highest BCUT2D eigenvalue weighted by atomic mass is 35.5. The first-order valence-corrected chi connectivity index (χ1v) is 14.8. The van der Waals surface area contributed by atoms with E-state index in [0.29, 0.717) is 40.1 Å². The van der Waals surface area contributed by atoms with Crippen molar-refractivity contribution in [2.45, 2.75) is 31.5 Å². The lowest BCUT2D eigenvalue weighted by Crippen LogP contribution is -2.48. The number of amides is 4. The normalized spacial score (nSPS) is 19.6. The Labute approximate surface area is 239 Å². The molecule has 0 unspecified atom stereocenters. The molecule has 5 rings (SSSR count). The average Bonchev–Trinajstić information content (AvgIpc) is 3.41. The third-order valence-electron chi connectivity index (χ3n) is 6.98. The molecule has 2 heterocycles. The Balaban J connectivity index is 1.33. The van der Waals surface area contributed by atoms with Crippen molar-refractivity contribution in [2.75, 3.05) is 24.8 Å². The van der Waals surface area contributed by atoms with E-state index in [1.807, 2.05) is 0 Å². The highest BCUT2D eigenvalue weighted by Gasteiger charge is 2.57. The maximum Gasteiger partial charge on any atom is 0.323 e. The van der Waals surface area contributed by atoms with Crippen LogP contribution >= 0.6 is 11.6 Å². The monoisotopic (exact) mass is 607 g/mol. The van der Waals surface area contributed by atoms with Gasteiger partial charge in [-0.05, 0) is 54.7 Å². The number of carbonyl (C=O) groups excluding carboxylic acids is 3. The summed E-state index contributed by atoms with van der Waals surface area (Å²) in [5, 5.41) is 3.66. The van der Waals surface area contributed by atoms with Crippen LogP contribution in [0.2, 0.25) is 5.02 Å². The van der Waals surface area contributed by atoms with Crippen molar-refractivity contribution >= 4 is 56.3 Å². The molecule has 15 heteroatoms. The SMILES string of the molecule is CS(=O)(=O)OCCOc1ccc2c(c1)c(NC(=O)N1[C@@H]3C[C@@H]3C[C@H]1C(=O)N(F)Cc1cccc(Cl)c1)cn2C(N)=O. The van der Waals surface area contributed by atoms with Crippen molar-refractivity contribution in [3.05, 3.63) is 59.2 Å². The molecule has 4 amide bonds. The molecule has 1 aliphatic heterocycles.